The third-order valence-corrected chi connectivity index (χ3v) is 3.51. The predicted molar refractivity (Wildman–Crippen MR) is 60.3 cm³/mol. The summed E-state index contributed by atoms with van der Waals surface area (Å²) in [5.41, 5.74) is 0. The molecule has 1 unspecified atom stereocenters. The molecule has 1 heterocycles. The molecule has 1 rings (SSSR count). The van der Waals surface area contributed by atoms with Gasteiger partial charge < -0.3 is 10.0 Å². The Balaban J connectivity index is 2.22. The van der Waals surface area contributed by atoms with Crippen LogP contribution >= 0.6 is 0 Å². The second kappa shape index (κ2) is 5.72. The molecule has 0 aromatic carbocycles. The minimum atomic E-state index is -0.0660. The molecule has 0 aliphatic carbocycles. The molecule has 3 atom stereocenters. The Hall–Kier alpha value is -0.0800. The van der Waals surface area contributed by atoms with Crippen molar-refractivity contribution in [1.29, 1.82) is 0 Å². The number of hydrogen-bond donors (Lipinski definition) is 1. The fourth-order valence-electron chi connectivity index (χ4n) is 2.31. The molecule has 14 heavy (non-hydrogen) atoms. The van der Waals surface area contributed by atoms with Crippen LogP contribution in [0.4, 0.5) is 0 Å². The number of nitrogens with zero attached hydrogens (tertiary/aromatic N) is 1. The number of aliphatic hydroxyl groups excluding tert-OH is 1. The lowest BCUT2D eigenvalue weighted by Crippen LogP contribution is -2.29. The van der Waals surface area contributed by atoms with Crippen LogP contribution in [0, 0.1) is 11.8 Å². The van der Waals surface area contributed by atoms with Gasteiger partial charge in [-0.15, -0.1) is 0 Å². The quantitative estimate of drug-likeness (QED) is 0.733. The molecular weight excluding hydrogens is 174 g/mol. The van der Waals surface area contributed by atoms with E-state index in [0.29, 0.717) is 0 Å². The van der Waals surface area contributed by atoms with Gasteiger partial charge in [-0.1, -0.05) is 33.6 Å². The molecule has 0 spiro atoms. The molecule has 0 saturated carbocycles. The molecule has 2 heteroatoms. The first-order chi connectivity index (χ1) is 6.63. The molecule has 0 aromatic rings. The highest BCUT2D eigenvalue weighted by Crippen LogP contribution is 2.20. The van der Waals surface area contributed by atoms with Gasteiger partial charge in [-0.2, -0.15) is 0 Å². The molecule has 1 aliphatic heterocycles. The zero-order valence-electron chi connectivity index (χ0n) is 9.87. The lowest BCUT2D eigenvalue weighted by molar-refractivity contribution is 0.163. The average Bonchev–Trinajstić information content (AvgIpc) is 2.51. The SMILES string of the molecule is CCCC(C)[C@@H](C)CN1CC[C@H](O)C1. The van der Waals surface area contributed by atoms with Crippen molar-refractivity contribution >= 4 is 0 Å². The maximum absolute atomic E-state index is 9.41. The zero-order valence-corrected chi connectivity index (χ0v) is 9.87. The van der Waals surface area contributed by atoms with Crippen LogP contribution in [-0.2, 0) is 0 Å². The first-order valence-electron chi connectivity index (χ1n) is 6.04. The van der Waals surface area contributed by atoms with E-state index in [9.17, 15) is 5.11 Å². The number of β-amino-alcohol motifs (C(OH)–C–C–N with tert-alkyl or cyclic N) is 1. The van der Waals surface area contributed by atoms with Gasteiger partial charge in [0.25, 0.3) is 0 Å². The van der Waals surface area contributed by atoms with Crippen LogP contribution in [0.5, 0.6) is 0 Å². The van der Waals surface area contributed by atoms with Crippen LogP contribution < -0.4 is 0 Å². The minimum Gasteiger partial charge on any atom is -0.392 e. The molecule has 0 aromatic heterocycles. The summed E-state index contributed by atoms with van der Waals surface area (Å²) in [6, 6.07) is 0. The highest BCUT2D eigenvalue weighted by Gasteiger charge is 2.23. The fourth-order valence-corrected chi connectivity index (χ4v) is 2.31. The van der Waals surface area contributed by atoms with Gasteiger partial charge in [-0.25, -0.2) is 0 Å². The predicted octanol–water partition coefficient (Wildman–Crippen LogP) is 2.13. The van der Waals surface area contributed by atoms with Crippen molar-refractivity contribution in [2.45, 2.75) is 46.1 Å². The third kappa shape index (κ3) is 3.58. The summed E-state index contributed by atoms with van der Waals surface area (Å²) in [6.45, 7) is 10.1. The first-order valence-corrected chi connectivity index (χ1v) is 6.04. The molecule has 1 saturated heterocycles. The van der Waals surface area contributed by atoms with E-state index in [0.717, 1.165) is 37.9 Å². The normalized spacial score (nSPS) is 27.9. The van der Waals surface area contributed by atoms with Crippen LogP contribution in [0.25, 0.3) is 0 Å². The van der Waals surface area contributed by atoms with Crippen molar-refractivity contribution in [1.82, 2.24) is 4.90 Å². The second-order valence-corrected chi connectivity index (χ2v) is 4.95. The summed E-state index contributed by atoms with van der Waals surface area (Å²) >= 11 is 0. The number of hydrogen-bond acceptors (Lipinski definition) is 2. The summed E-state index contributed by atoms with van der Waals surface area (Å²) in [4.78, 5) is 2.40. The lowest BCUT2D eigenvalue weighted by atomic mass is 9.91. The molecule has 84 valence electrons. The van der Waals surface area contributed by atoms with E-state index < -0.39 is 0 Å². The number of likely N-dealkylation sites (tertiary alicyclic amines) is 1. The molecule has 2 nitrogen and oxygen atoms in total. The maximum Gasteiger partial charge on any atom is 0.0679 e. The molecule has 1 fully saturated rings. The highest BCUT2D eigenvalue weighted by atomic mass is 16.3. The van der Waals surface area contributed by atoms with E-state index in [-0.39, 0.29) is 6.10 Å². The van der Waals surface area contributed by atoms with Gasteiger partial charge in [0.1, 0.15) is 0 Å². The van der Waals surface area contributed by atoms with Crippen molar-refractivity contribution in [2.24, 2.45) is 11.8 Å². The summed E-state index contributed by atoms with van der Waals surface area (Å²) < 4.78 is 0. The lowest BCUT2D eigenvalue weighted by Gasteiger charge is -2.25. The average molecular weight is 199 g/mol. The summed E-state index contributed by atoms with van der Waals surface area (Å²) in [5.74, 6) is 1.58. The summed E-state index contributed by atoms with van der Waals surface area (Å²) in [7, 11) is 0. The maximum atomic E-state index is 9.41. The molecular formula is C12H25NO. The van der Waals surface area contributed by atoms with Crippen LogP contribution in [-0.4, -0.2) is 35.7 Å². The van der Waals surface area contributed by atoms with Gasteiger partial charge in [-0.05, 0) is 18.3 Å². The molecule has 0 bridgehead atoms. The van der Waals surface area contributed by atoms with E-state index in [1.165, 1.54) is 12.8 Å². The third-order valence-electron chi connectivity index (χ3n) is 3.51. The van der Waals surface area contributed by atoms with Crippen LogP contribution in [0.15, 0.2) is 0 Å². The van der Waals surface area contributed by atoms with Crippen molar-refractivity contribution in [2.75, 3.05) is 19.6 Å². The van der Waals surface area contributed by atoms with Gasteiger partial charge in [-0.3, -0.25) is 0 Å². The smallest absolute Gasteiger partial charge is 0.0679 e. The van der Waals surface area contributed by atoms with E-state index in [1.807, 2.05) is 0 Å². The van der Waals surface area contributed by atoms with E-state index in [4.69, 9.17) is 0 Å². The Morgan fingerprint density at radius 2 is 2.07 bits per heavy atom. The van der Waals surface area contributed by atoms with Gasteiger partial charge in [0, 0.05) is 19.6 Å². The Morgan fingerprint density at radius 1 is 1.36 bits per heavy atom. The highest BCUT2D eigenvalue weighted by molar-refractivity contribution is 4.77. The number of rotatable bonds is 5. The van der Waals surface area contributed by atoms with Gasteiger partial charge in [0.15, 0.2) is 0 Å². The Bertz CT molecular complexity index is 160. The standard InChI is InChI=1S/C12H25NO/c1-4-5-10(2)11(3)8-13-7-6-12(14)9-13/h10-12,14H,4-9H2,1-3H3/t10?,11-,12-/m0/s1. The van der Waals surface area contributed by atoms with E-state index in [2.05, 4.69) is 25.7 Å². The molecule has 1 N–H and O–H groups in total. The first kappa shape index (κ1) is 12.0. The second-order valence-electron chi connectivity index (χ2n) is 4.95. The van der Waals surface area contributed by atoms with Crippen LogP contribution in [0.2, 0.25) is 0 Å². The van der Waals surface area contributed by atoms with Crippen LogP contribution in [0.3, 0.4) is 0 Å². The van der Waals surface area contributed by atoms with E-state index >= 15 is 0 Å². The fraction of sp³-hybridized carbons (Fsp3) is 1.00. The van der Waals surface area contributed by atoms with Gasteiger partial charge >= 0.3 is 0 Å². The Morgan fingerprint density at radius 3 is 2.57 bits per heavy atom. The van der Waals surface area contributed by atoms with Gasteiger partial charge in [0.2, 0.25) is 0 Å². The van der Waals surface area contributed by atoms with Gasteiger partial charge in [0.05, 0.1) is 6.10 Å². The zero-order chi connectivity index (χ0) is 10.6. The monoisotopic (exact) mass is 199 g/mol. The molecule has 0 amide bonds. The van der Waals surface area contributed by atoms with Crippen molar-refractivity contribution in [3.8, 4) is 0 Å². The number of aliphatic hydroxyl groups is 1. The Labute approximate surface area is 88.3 Å². The topological polar surface area (TPSA) is 23.5 Å². The summed E-state index contributed by atoms with van der Waals surface area (Å²) in [5, 5.41) is 9.41. The summed E-state index contributed by atoms with van der Waals surface area (Å²) in [6.07, 6.45) is 3.52. The minimum absolute atomic E-state index is 0.0660. The molecule has 1 aliphatic rings. The van der Waals surface area contributed by atoms with Crippen molar-refractivity contribution < 1.29 is 5.11 Å². The molecule has 0 radical (unpaired) electrons. The largest absolute Gasteiger partial charge is 0.392 e. The van der Waals surface area contributed by atoms with Crippen molar-refractivity contribution in [3.63, 3.8) is 0 Å². The van der Waals surface area contributed by atoms with Crippen molar-refractivity contribution in [3.05, 3.63) is 0 Å². The van der Waals surface area contributed by atoms with Crippen LogP contribution in [0.1, 0.15) is 40.0 Å². The van der Waals surface area contributed by atoms with E-state index in [1.54, 1.807) is 0 Å². The Kier molecular flexibility index (Phi) is 4.90.